The predicted octanol–water partition coefficient (Wildman–Crippen LogP) is 6.54. The summed E-state index contributed by atoms with van der Waals surface area (Å²) in [6, 6.07) is 16.5. The molecule has 1 N–H and O–H groups in total. The Morgan fingerprint density at radius 1 is 0.793 bits per heavy atom. The molecule has 2 rings (SSSR count). The third-order valence-corrected chi connectivity index (χ3v) is 5.69. The number of unbranched alkanes of at least 4 members (excludes halogenated alkanes) is 9. The van der Waals surface area contributed by atoms with Crippen molar-refractivity contribution in [2.24, 2.45) is 0 Å². The van der Waals surface area contributed by atoms with Crippen LogP contribution in [0, 0.1) is 0 Å². The van der Waals surface area contributed by atoms with E-state index in [0.29, 0.717) is 0 Å². The lowest BCUT2D eigenvalue weighted by Gasteiger charge is -2.30. The maximum Gasteiger partial charge on any atom is 0.0628 e. The standard InChI is InChI=1S/C26H40N2O/c1-2-3-4-5-6-7-8-9-10-16-21-28(22-25-19-14-15-20-27-25)26(23-29)24-17-12-11-13-18-24/h11-15,17-20,26,29H,2-10,16,21-23H2,1H3/t26-/m1/s1. The van der Waals surface area contributed by atoms with Crippen molar-refractivity contribution < 1.29 is 5.11 Å². The fourth-order valence-electron chi connectivity index (χ4n) is 3.95. The molecule has 2 aromatic rings. The maximum atomic E-state index is 10.1. The summed E-state index contributed by atoms with van der Waals surface area (Å²) in [5, 5.41) is 10.1. The molecular weight excluding hydrogens is 356 g/mol. The SMILES string of the molecule is CCCCCCCCCCCCN(Cc1ccccn1)[C@H](CO)c1ccccc1. The smallest absolute Gasteiger partial charge is 0.0628 e. The number of pyridine rings is 1. The van der Waals surface area contributed by atoms with Crippen LogP contribution in [-0.2, 0) is 6.54 Å². The summed E-state index contributed by atoms with van der Waals surface area (Å²) in [6.45, 7) is 4.18. The van der Waals surface area contributed by atoms with Crippen molar-refractivity contribution in [1.29, 1.82) is 0 Å². The topological polar surface area (TPSA) is 36.4 Å². The van der Waals surface area contributed by atoms with Gasteiger partial charge in [-0.3, -0.25) is 9.88 Å². The summed E-state index contributed by atoms with van der Waals surface area (Å²) in [5.41, 5.74) is 2.24. The van der Waals surface area contributed by atoms with Gasteiger partial charge in [0.1, 0.15) is 0 Å². The Kier molecular flexibility index (Phi) is 12.3. The largest absolute Gasteiger partial charge is 0.394 e. The van der Waals surface area contributed by atoms with Gasteiger partial charge in [-0.1, -0.05) is 101 Å². The Labute approximate surface area is 178 Å². The minimum absolute atomic E-state index is 0.0248. The monoisotopic (exact) mass is 396 g/mol. The van der Waals surface area contributed by atoms with Crippen LogP contribution in [0.1, 0.15) is 88.4 Å². The summed E-state index contributed by atoms with van der Waals surface area (Å²) >= 11 is 0. The van der Waals surface area contributed by atoms with E-state index in [-0.39, 0.29) is 12.6 Å². The molecule has 3 nitrogen and oxygen atoms in total. The number of aromatic nitrogens is 1. The Morgan fingerprint density at radius 3 is 2.00 bits per heavy atom. The quantitative estimate of drug-likeness (QED) is 0.327. The third-order valence-electron chi connectivity index (χ3n) is 5.69. The molecule has 1 aromatic carbocycles. The van der Waals surface area contributed by atoms with Crippen LogP contribution in [-0.4, -0.2) is 28.1 Å². The molecule has 1 heterocycles. The molecule has 0 spiro atoms. The van der Waals surface area contributed by atoms with Crippen molar-refractivity contribution in [2.75, 3.05) is 13.2 Å². The van der Waals surface area contributed by atoms with Gasteiger partial charge in [-0.25, -0.2) is 0 Å². The molecule has 0 aliphatic heterocycles. The van der Waals surface area contributed by atoms with Gasteiger partial charge in [0.05, 0.1) is 18.3 Å². The molecule has 0 fully saturated rings. The van der Waals surface area contributed by atoms with Crippen molar-refractivity contribution in [2.45, 2.75) is 83.7 Å². The first-order valence-electron chi connectivity index (χ1n) is 11.6. The molecule has 0 aliphatic carbocycles. The van der Waals surface area contributed by atoms with Crippen LogP contribution >= 0.6 is 0 Å². The van der Waals surface area contributed by atoms with E-state index >= 15 is 0 Å². The van der Waals surface area contributed by atoms with E-state index in [9.17, 15) is 5.11 Å². The molecule has 0 radical (unpaired) electrons. The Morgan fingerprint density at radius 2 is 1.41 bits per heavy atom. The number of aliphatic hydroxyl groups is 1. The Balaban J connectivity index is 1.79. The van der Waals surface area contributed by atoms with Gasteiger partial charge >= 0.3 is 0 Å². The average molecular weight is 397 g/mol. The highest BCUT2D eigenvalue weighted by molar-refractivity contribution is 5.19. The van der Waals surface area contributed by atoms with Crippen LogP contribution in [0.2, 0.25) is 0 Å². The zero-order valence-corrected chi connectivity index (χ0v) is 18.3. The number of hydrogen-bond donors (Lipinski definition) is 1. The van der Waals surface area contributed by atoms with E-state index in [1.165, 1.54) is 69.8 Å². The van der Waals surface area contributed by atoms with Crippen LogP contribution in [0.5, 0.6) is 0 Å². The van der Waals surface area contributed by atoms with Crippen LogP contribution in [0.25, 0.3) is 0 Å². The van der Waals surface area contributed by atoms with Gasteiger partial charge in [-0.05, 0) is 30.7 Å². The van der Waals surface area contributed by atoms with Gasteiger partial charge in [0.15, 0.2) is 0 Å². The summed E-state index contributed by atoms with van der Waals surface area (Å²) in [7, 11) is 0. The highest BCUT2D eigenvalue weighted by atomic mass is 16.3. The second kappa shape index (κ2) is 15.2. The fourth-order valence-corrected chi connectivity index (χ4v) is 3.95. The minimum atomic E-state index is 0.0248. The Bertz CT molecular complexity index is 617. The van der Waals surface area contributed by atoms with E-state index in [1.54, 1.807) is 0 Å². The summed E-state index contributed by atoms with van der Waals surface area (Å²) < 4.78 is 0. The van der Waals surface area contributed by atoms with Crippen LogP contribution in [0.3, 0.4) is 0 Å². The first-order valence-corrected chi connectivity index (χ1v) is 11.6. The predicted molar refractivity (Wildman–Crippen MR) is 123 cm³/mol. The second-order valence-electron chi connectivity index (χ2n) is 8.08. The fraction of sp³-hybridized carbons (Fsp3) is 0.577. The van der Waals surface area contributed by atoms with E-state index in [0.717, 1.165) is 18.8 Å². The van der Waals surface area contributed by atoms with Crippen LogP contribution < -0.4 is 0 Å². The van der Waals surface area contributed by atoms with Crippen molar-refractivity contribution in [1.82, 2.24) is 9.88 Å². The lowest BCUT2D eigenvalue weighted by atomic mass is 10.0. The van der Waals surface area contributed by atoms with Gasteiger partial charge in [0, 0.05) is 12.7 Å². The third kappa shape index (κ3) is 9.56. The van der Waals surface area contributed by atoms with Crippen LogP contribution in [0.15, 0.2) is 54.7 Å². The molecule has 0 aliphatic rings. The van der Waals surface area contributed by atoms with Gasteiger partial charge < -0.3 is 5.11 Å². The van der Waals surface area contributed by atoms with Crippen molar-refractivity contribution in [3.05, 3.63) is 66.0 Å². The number of aliphatic hydroxyl groups excluding tert-OH is 1. The first-order chi connectivity index (χ1) is 14.3. The van der Waals surface area contributed by atoms with E-state index in [1.807, 2.05) is 24.4 Å². The van der Waals surface area contributed by atoms with E-state index in [4.69, 9.17) is 0 Å². The number of hydrogen-bond acceptors (Lipinski definition) is 3. The molecule has 0 saturated carbocycles. The molecule has 0 unspecified atom stereocenters. The highest BCUT2D eigenvalue weighted by Crippen LogP contribution is 2.23. The molecule has 1 atom stereocenters. The summed E-state index contributed by atoms with van der Waals surface area (Å²) in [4.78, 5) is 6.90. The normalized spacial score (nSPS) is 12.4. The molecular formula is C26H40N2O. The Hall–Kier alpha value is -1.71. The zero-order valence-electron chi connectivity index (χ0n) is 18.3. The van der Waals surface area contributed by atoms with Crippen molar-refractivity contribution >= 4 is 0 Å². The summed E-state index contributed by atoms with van der Waals surface area (Å²) in [5.74, 6) is 0. The van der Waals surface area contributed by atoms with E-state index in [2.05, 4.69) is 47.1 Å². The summed E-state index contributed by atoms with van der Waals surface area (Å²) in [6.07, 6.45) is 15.3. The molecule has 0 saturated heterocycles. The molecule has 3 heteroatoms. The van der Waals surface area contributed by atoms with Gasteiger partial charge in [0.25, 0.3) is 0 Å². The highest BCUT2D eigenvalue weighted by Gasteiger charge is 2.20. The number of benzene rings is 1. The molecule has 0 amide bonds. The molecule has 160 valence electrons. The van der Waals surface area contributed by atoms with Crippen molar-refractivity contribution in [3.63, 3.8) is 0 Å². The molecule has 29 heavy (non-hydrogen) atoms. The lowest BCUT2D eigenvalue weighted by molar-refractivity contribution is 0.113. The van der Waals surface area contributed by atoms with Gasteiger partial charge in [-0.15, -0.1) is 0 Å². The van der Waals surface area contributed by atoms with Gasteiger partial charge in [0.2, 0.25) is 0 Å². The zero-order chi connectivity index (χ0) is 20.6. The maximum absolute atomic E-state index is 10.1. The van der Waals surface area contributed by atoms with E-state index < -0.39 is 0 Å². The average Bonchev–Trinajstić information content (AvgIpc) is 2.77. The van der Waals surface area contributed by atoms with Crippen molar-refractivity contribution in [3.8, 4) is 0 Å². The van der Waals surface area contributed by atoms with Gasteiger partial charge in [-0.2, -0.15) is 0 Å². The molecule has 1 aromatic heterocycles. The second-order valence-corrected chi connectivity index (χ2v) is 8.08. The number of nitrogens with zero attached hydrogens (tertiary/aromatic N) is 2. The minimum Gasteiger partial charge on any atom is -0.394 e. The molecule has 0 bridgehead atoms. The lowest BCUT2D eigenvalue weighted by Crippen LogP contribution is -2.32. The first kappa shape index (κ1) is 23.6. The van der Waals surface area contributed by atoms with Crippen LogP contribution in [0.4, 0.5) is 0 Å². The number of rotatable bonds is 16.